The molecule has 0 radical (unpaired) electrons. The van der Waals surface area contributed by atoms with Crippen LogP contribution >= 0.6 is 11.6 Å². The van der Waals surface area contributed by atoms with Gasteiger partial charge in [0, 0.05) is 11.4 Å². The molecule has 0 heterocycles. The molecule has 0 aliphatic rings. The summed E-state index contributed by atoms with van der Waals surface area (Å²) in [7, 11) is -2.49. The second kappa shape index (κ2) is 10.7. The van der Waals surface area contributed by atoms with E-state index in [2.05, 4.69) is 10.0 Å². The van der Waals surface area contributed by atoms with Gasteiger partial charge >= 0.3 is 5.97 Å². The lowest BCUT2D eigenvalue weighted by molar-refractivity contribution is -0.119. The van der Waals surface area contributed by atoms with Crippen molar-refractivity contribution in [3.8, 4) is 11.8 Å². The highest BCUT2D eigenvalue weighted by Gasteiger charge is 2.18. The molecule has 0 unspecified atom stereocenters. The highest BCUT2D eigenvalue weighted by molar-refractivity contribution is 7.92. The van der Waals surface area contributed by atoms with Gasteiger partial charge in [0.15, 0.2) is 6.61 Å². The van der Waals surface area contributed by atoms with Crippen LogP contribution in [0.15, 0.2) is 71.6 Å². The number of ether oxygens (including phenoxy) is 2. The molecule has 0 aliphatic carbocycles. The monoisotopic (exact) mass is 499 g/mol. The highest BCUT2D eigenvalue weighted by Crippen LogP contribution is 2.21. The first-order chi connectivity index (χ1) is 16.2. The number of hydrogen-bond donors (Lipinski definition) is 2. The summed E-state index contributed by atoms with van der Waals surface area (Å²) >= 11 is 5.92. The summed E-state index contributed by atoms with van der Waals surface area (Å²) in [4.78, 5) is 24.3. The number of hydrogen-bond acceptors (Lipinski definition) is 7. The van der Waals surface area contributed by atoms with E-state index in [1.54, 1.807) is 12.1 Å². The number of nitrogens with zero attached hydrogens (tertiary/aromatic N) is 1. The Kier molecular flexibility index (Phi) is 7.73. The Morgan fingerprint density at radius 2 is 1.74 bits per heavy atom. The predicted octanol–water partition coefficient (Wildman–Crippen LogP) is 3.82. The van der Waals surface area contributed by atoms with Gasteiger partial charge in [-0.2, -0.15) is 5.26 Å². The van der Waals surface area contributed by atoms with Gasteiger partial charge in [0.1, 0.15) is 11.8 Å². The Hall–Kier alpha value is -4.07. The van der Waals surface area contributed by atoms with E-state index in [4.69, 9.17) is 26.3 Å². The normalized spacial score (nSPS) is 10.6. The number of carbonyl (C=O) groups is 2. The smallest absolute Gasteiger partial charge is 0.338 e. The van der Waals surface area contributed by atoms with Crippen LogP contribution in [-0.2, 0) is 19.6 Å². The Balaban J connectivity index is 1.63. The van der Waals surface area contributed by atoms with Gasteiger partial charge in [-0.25, -0.2) is 13.2 Å². The lowest BCUT2D eigenvalue weighted by Gasteiger charge is -2.10. The van der Waals surface area contributed by atoms with E-state index < -0.39 is 28.5 Å². The van der Waals surface area contributed by atoms with Crippen LogP contribution in [0.1, 0.15) is 15.9 Å². The minimum Gasteiger partial charge on any atom is -0.497 e. The predicted molar refractivity (Wildman–Crippen MR) is 125 cm³/mol. The maximum absolute atomic E-state index is 12.7. The second-order valence-electron chi connectivity index (χ2n) is 6.79. The number of methoxy groups -OCH3 is 1. The first-order valence-electron chi connectivity index (χ1n) is 9.65. The molecule has 3 aromatic rings. The lowest BCUT2D eigenvalue weighted by Crippen LogP contribution is -2.21. The minimum absolute atomic E-state index is 0.0492. The van der Waals surface area contributed by atoms with Gasteiger partial charge in [-0.05, 0) is 60.7 Å². The van der Waals surface area contributed by atoms with Crippen LogP contribution in [0.2, 0.25) is 5.02 Å². The number of benzene rings is 3. The third-order valence-corrected chi connectivity index (χ3v) is 6.12. The van der Waals surface area contributed by atoms with Crippen molar-refractivity contribution in [1.29, 1.82) is 5.26 Å². The summed E-state index contributed by atoms with van der Waals surface area (Å²) in [6, 6.07) is 17.7. The Morgan fingerprint density at radius 3 is 2.38 bits per heavy atom. The van der Waals surface area contributed by atoms with Crippen molar-refractivity contribution in [2.75, 3.05) is 23.8 Å². The summed E-state index contributed by atoms with van der Waals surface area (Å²) in [5.74, 6) is -0.951. The average molecular weight is 500 g/mol. The third-order valence-electron chi connectivity index (χ3n) is 4.43. The molecule has 2 N–H and O–H groups in total. The molecule has 174 valence electrons. The van der Waals surface area contributed by atoms with Crippen molar-refractivity contribution >= 4 is 44.9 Å². The zero-order chi connectivity index (χ0) is 24.7. The van der Waals surface area contributed by atoms with E-state index in [0.717, 1.165) is 6.07 Å². The fourth-order valence-corrected chi connectivity index (χ4v) is 4.09. The van der Waals surface area contributed by atoms with E-state index in [9.17, 15) is 18.0 Å². The van der Waals surface area contributed by atoms with Crippen LogP contribution in [0, 0.1) is 11.3 Å². The Labute approximate surface area is 200 Å². The SMILES string of the molecule is COc1ccc(NS(=O)(=O)c2cccc(C(=O)OCC(=O)Nc3ccc(C#N)c(Cl)c3)c2)cc1. The Morgan fingerprint density at radius 1 is 1.03 bits per heavy atom. The number of anilines is 2. The van der Waals surface area contributed by atoms with Gasteiger partial charge in [0.05, 0.1) is 28.2 Å². The molecule has 34 heavy (non-hydrogen) atoms. The van der Waals surface area contributed by atoms with Crippen molar-refractivity contribution in [3.05, 3.63) is 82.9 Å². The fraction of sp³-hybridized carbons (Fsp3) is 0.0870. The van der Waals surface area contributed by atoms with Gasteiger partial charge in [-0.15, -0.1) is 0 Å². The molecule has 0 spiro atoms. The van der Waals surface area contributed by atoms with Gasteiger partial charge in [-0.3, -0.25) is 9.52 Å². The van der Waals surface area contributed by atoms with Crippen molar-refractivity contribution < 1.29 is 27.5 Å². The first kappa shape index (κ1) is 24.6. The van der Waals surface area contributed by atoms with Crippen LogP contribution in [0.3, 0.4) is 0 Å². The topological polar surface area (TPSA) is 135 Å². The van der Waals surface area contributed by atoms with E-state index in [1.807, 2.05) is 6.07 Å². The minimum atomic E-state index is -3.98. The maximum atomic E-state index is 12.7. The maximum Gasteiger partial charge on any atom is 0.338 e. The number of sulfonamides is 1. The van der Waals surface area contributed by atoms with Gasteiger partial charge < -0.3 is 14.8 Å². The number of esters is 1. The molecule has 11 heteroatoms. The van der Waals surface area contributed by atoms with E-state index in [-0.39, 0.29) is 21.0 Å². The number of amides is 1. The van der Waals surface area contributed by atoms with Crippen molar-refractivity contribution in [3.63, 3.8) is 0 Å². The van der Waals surface area contributed by atoms with Crippen LogP contribution in [-0.4, -0.2) is 34.0 Å². The third kappa shape index (κ3) is 6.25. The second-order valence-corrected chi connectivity index (χ2v) is 8.88. The fourth-order valence-electron chi connectivity index (χ4n) is 2.76. The van der Waals surface area contributed by atoms with Crippen LogP contribution in [0.25, 0.3) is 0 Å². The quantitative estimate of drug-likeness (QED) is 0.450. The lowest BCUT2D eigenvalue weighted by atomic mass is 10.2. The van der Waals surface area contributed by atoms with E-state index in [0.29, 0.717) is 17.1 Å². The number of rotatable bonds is 8. The van der Waals surface area contributed by atoms with Crippen LogP contribution in [0.5, 0.6) is 5.75 Å². The summed E-state index contributed by atoms with van der Waals surface area (Å²) in [5, 5.41) is 11.5. The molecular weight excluding hydrogens is 482 g/mol. The molecule has 0 aliphatic heterocycles. The summed E-state index contributed by atoms with van der Waals surface area (Å²) < 4.78 is 37.8. The van der Waals surface area contributed by atoms with Gasteiger partial charge in [0.25, 0.3) is 15.9 Å². The molecule has 0 saturated heterocycles. The standard InChI is InChI=1S/C23H18ClN3O6S/c1-32-19-9-7-17(8-10-19)27-34(30,31)20-4-2-3-15(11-20)23(29)33-14-22(28)26-18-6-5-16(13-25)21(24)12-18/h2-12,27H,14H2,1H3,(H,26,28). The molecule has 0 fully saturated rings. The molecule has 0 bridgehead atoms. The zero-order valence-corrected chi connectivity index (χ0v) is 19.3. The molecule has 0 atom stereocenters. The zero-order valence-electron chi connectivity index (χ0n) is 17.7. The molecule has 1 amide bonds. The Bertz CT molecular complexity index is 1370. The summed E-state index contributed by atoms with van der Waals surface area (Å²) in [6.07, 6.45) is 0. The van der Waals surface area contributed by atoms with E-state index >= 15 is 0 Å². The van der Waals surface area contributed by atoms with Crippen molar-refractivity contribution in [1.82, 2.24) is 0 Å². The summed E-state index contributed by atoms with van der Waals surface area (Å²) in [5.41, 5.74) is 0.838. The van der Waals surface area contributed by atoms with Gasteiger partial charge in [-0.1, -0.05) is 17.7 Å². The highest BCUT2D eigenvalue weighted by atomic mass is 35.5. The molecular formula is C23H18ClN3O6S. The average Bonchev–Trinajstić information content (AvgIpc) is 2.83. The van der Waals surface area contributed by atoms with Crippen LogP contribution in [0.4, 0.5) is 11.4 Å². The number of nitrogens with one attached hydrogen (secondary N) is 2. The van der Waals surface area contributed by atoms with Gasteiger partial charge in [0.2, 0.25) is 0 Å². The number of nitriles is 1. The van der Waals surface area contributed by atoms with E-state index in [1.165, 1.54) is 55.6 Å². The molecule has 9 nitrogen and oxygen atoms in total. The number of carbonyl (C=O) groups excluding carboxylic acids is 2. The van der Waals surface area contributed by atoms with Crippen molar-refractivity contribution in [2.24, 2.45) is 0 Å². The number of halogens is 1. The van der Waals surface area contributed by atoms with Crippen molar-refractivity contribution in [2.45, 2.75) is 4.90 Å². The van der Waals surface area contributed by atoms with Crippen LogP contribution < -0.4 is 14.8 Å². The largest absolute Gasteiger partial charge is 0.497 e. The molecule has 3 rings (SSSR count). The molecule has 0 aromatic heterocycles. The molecule has 3 aromatic carbocycles. The first-order valence-corrected chi connectivity index (χ1v) is 11.5. The molecule has 0 saturated carbocycles. The summed E-state index contributed by atoms with van der Waals surface area (Å²) in [6.45, 7) is -0.614.